The third-order valence-electron chi connectivity index (χ3n) is 3.99. The Hall–Kier alpha value is -1.97. The van der Waals surface area contributed by atoms with Crippen molar-refractivity contribution in [3.05, 3.63) is 36.1 Å². The molecule has 1 heterocycles. The zero-order chi connectivity index (χ0) is 14.7. The molecule has 0 spiro atoms. The number of hydrogen-bond acceptors (Lipinski definition) is 2. The quantitative estimate of drug-likeness (QED) is 0.653. The molecule has 1 saturated carbocycles. The van der Waals surface area contributed by atoms with Crippen LogP contribution in [0.5, 0.6) is 0 Å². The molecule has 1 atom stereocenters. The monoisotopic (exact) mass is 285 g/mol. The van der Waals surface area contributed by atoms with Gasteiger partial charge in [0, 0.05) is 19.0 Å². The fourth-order valence-electron chi connectivity index (χ4n) is 2.49. The lowest BCUT2D eigenvalue weighted by molar-refractivity contribution is 0.488. The molecule has 0 bridgehead atoms. The summed E-state index contributed by atoms with van der Waals surface area (Å²) in [6.45, 7) is 3.07. The van der Waals surface area contributed by atoms with Crippen molar-refractivity contribution in [2.24, 2.45) is 10.9 Å². The number of fused-ring (bicyclic) bond motifs is 1. The molecule has 21 heavy (non-hydrogen) atoms. The van der Waals surface area contributed by atoms with Gasteiger partial charge in [-0.3, -0.25) is 4.99 Å². The first-order valence-electron chi connectivity index (χ1n) is 7.72. The van der Waals surface area contributed by atoms with Gasteiger partial charge in [0.1, 0.15) is 11.3 Å². The molecule has 3 rings (SSSR count). The average molecular weight is 285 g/mol. The number of para-hydroxylation sites is 1. The number of benzene rings is 1. The van der Waals surface area contributed by atoms with Crippen molar-refractivity contribution in [2.75, 3.05) is 13.6 Å². The second-order valence-corrected chi connectivity index (χ2v) is 5.78. The highest BCUT2D eigenvalue weighted by Gasteiger charge is 2.20. The van der Waals surface area contributed by atoms with E-state index in [0.29, 0.717) is 0 Å². The molecule has 0 saturated heterocycles. The number of nitrogens with zero attached hydrogens (tertiary/aromatic N) is 1. The summed E-state index contributed by atoms with van der Waals surface area (Å²) >= 11 is 0. The molecule has 1 unspecified atom stereocenters. The summed E-state index contributed by atoms with van der Waals surface area (Å²) in [5.74, 6) is 2.70. The molecular formula is C17H23N3O. The van der Waals surface area contributed by atoms with Gasteiger partial charge in [0.25, 0.3) is 0 Å². The number of nitrogens with one attached hydrogen (secondary N) is 2. The van der Waals surface area contributed by atoms with Crippen LogP contribution >= 0.6 is 0 Å². The Balaban J connectivity index is 1.59. The van der Waals surface area contributed by atoms with Crippen LogP contribution in [-0.2, 0) is 0 Å². The van der Waals surface area contributed by atoms with Gasteiger partial charge in [-0.15, -0.1) is 0 Å². The smallest absolute Gasteiger partial charge is 0.191 e. The van der Waals surface area contributed by atoms with Crippen molar-refractivity contribution < 1.29 is 4.42 Å². The van der Waals surface area contributed by atoms with Crippen molar-refractivity contribution in [3.63, 3.8) is 0 Å². The Morgan fingerprint density at radius 2 is 2.19 bits per heavy atom. The first kappa shape index (κ1) is 14.0. The molecule has 112 valence electrons. The summed E-state index contributed by atoms with van der Waals surface area (Å²) in [5, 5.41) is 7.89. The predicted octanol–water partition coefficient (Wildman–Crippen LogP) is 3.46. The molecule has 1 fully saturated rings. The van der Waals surface area contributed by atoms with Crippen molar-refractivity contribution in [1.29, 1.82) is 0 Å². The minimum absolute atomic E-state index is 0.0875. The first-order valence-corrected chi connectivity index (χ1v) is 7.72. The van der Waals surface area contributed by atoms with E-state index in [2.05, 4.69) is 34.7 Å². The van der Waals surface area contributed by atoms with Crippen LogP contribution in [0.2, 0.25) is 0 Å². The maximum Gasteiger partial charge on any atom is 0.191 e. The van der Waals surface area contributed by atoms with E-state index < -0.39 is 0 Å². The van der Waals surface area contributed by atoms with Crippen LogP contribution < -0.4 is 10.6 Å². The Kier molecular flexibility index (Phi) is 4.13. The summed E-state index contributed by atoms with van der Waals surface area (Å²) in [5.41, 5.74) is 0.929. The summed E-state index contributed by atoms with van der Waals surface area (Å²) in [6, 6.07) is 10.3. The van der Waals surface area contributed by atoms with E-state index in [1.54, 1.807) is 7.05 Å². The maximum absolute atomic E-state index is 5.88. The largest absolute Gasteiger partial charge is 0.459 e. The third kappa shape index (κ3) is 3.57. The number of rotatable bonds is 5. The van der Waals surface area contributed by atoms with Crippen LogP contribution in [-0.4, -0.2) is 19.6 Å². The lowest BCUT2D eigenvalue weighted by atomic mass is 10.2. The van der Waals surface area contributed by atoms with E-state index >= 15 is 0 Å². The average Bonchev–Trinajstić information content (AvgIpc) is 3.21. The zero-order valence-corrected chi connectivity index (χ0v) is 12.7. The van der Waals surface area contributed by atoms with Crippen molar-refractivity contribution >= 4 is 16.9 Å². The van der Waals surface area contributed by atoms with Crippen LogP contribution in [0.15, 0.2) is 39.7 Å². The van der Waals surface area contributed by atoms with Crippen molar-refractivity contribution in [3.8, 4) is 0 Å². The zero-order valence-electron chi connectivity index (χ0n) is 12.7. The molecule has 4 nitrogen and oxygen atoms in total. The molecule has 4 heteroatoms. The van der Waals surface area contributed by atoms with Gasteiger partial charge in [-0.2, -0.15) is 0 Å². The van der Waals surface area contributed by atoms with Crippen molar-refractivity contribution in [1.82, 2.24) is 10.6 Å². The highest BCUT2D eigenvalue weighted by Crippen LogP contribution is 2.31. The third-order valence-corrected chi connectivity index (χ3v) is 3.99. The highest BCUT2D eigenvalue weighted by molar-refractivity contribution is 5.81. The fourth-order valence-corrected chi connectivity index (χ4v) is 2.49. The molecule has 1 aromatic heterocycles. The second kappa shape index (κ2) is 6.20. The summed E-state index contributed by atoms with van der Waals surface area (Å²) < 4.78 is 5.88. The van der Waals surface area contributed by atoms with E-state index in [1.165, 1.54) is 19.3 Å². The van der Waals surface area contributed by atoms with Gasteiger partial charge in [0.15, 0.2) is 5.96 Å². The number of hydrogen-bond donors (Lipinski definition) is 2. The van der Waals surface area contributed by atoms with Crippen LogP contribution in [0.4, 0.5) is 0 Å². The van der Waals surface area contributed by atoms with Gasteiger partial charge >= 0.3 is 0 Å². The van der Waals surface area contributed by atoms with Crippen LogP contribution in [0, 0.1) is 5.92 Å². The molecule has 0 amide bonds. The van der Waals surface area contributed by atoms with Gasteiger partial charge in [-0.25, -0.2) is 0 Å². The Labute approximate surface area is 125 Å². The molecular weight excluding hydrogens is 262 g/mol. The van der Waals surface area contributed by atoms with E-state index in [1.807, 2.05) is 18.2 Å². The van der Waals surface area contributed by atoms with E-state index in [-0.39, 0.29) is 6.04 Å². The lowest BCUT2D eigenvalue weighted by Gasteiger charge is -2.16. The van der Waals surface area contributed by atoms with E-state index in [9.17, 15) is 0 Å². The molecule has 2 N–H and O–H groups in total. The summed E-state index contributed by atoms with van der Waals surface area (Å²) in [7, 11) is 1.80. The van der Waals surface area contributed by atoms with Gasteiger partial charge in [-0.1, -0.05) is 31.0 Å². The first-order chi connectivity index (χ1) is 10.3. The molecule has 1 aliphatic rings. The van der Waals surface area contributed by atoms with Crippen molar-refractivity contribution in [2.45, 2.75) is 32.2 Å². The van der Waals surface area contributed by atoms with Gasteiger partial charge < -0.3 is 15.1 Å². The highest BCUT2D eigenvalue weighted by atomic mass is 16.3. The van der Waals surface area contributed by atoms with Gasteiger partial charge in [-0.05, 0) is 31.4 Å². The minimum atomic E-state index is 0.0875. The summed E-state index contributed by atoms with van der Waals surface area (Å²) in [6.07, 6.45) is 4.02. The molecule has 2 aromatic rings. The molecule has 1 aliphatic carbocycles. The van der Waals surface area contributed by atoms with Crippen LogP contribution in [0.1, 0.15) is 38.0 Å². The van der Waals surface area contributed by atoms with Gasteiger partial charge in [0.05, 0.1) is 6.04 Å². The Morgan fingerprint density at radius 3 is 2.90 bits per heavy atom. The minimum Gasteiger partial charge on any atom is -0.459 e. The lowest BCUT2D eigenvalue weighted by Crippen LogP contribution is -2.39. The molecule has 1 aromatic carbocycles. The summed E-state index contributed by atoms with van der Waals surface area (Å²) in [4.78, 5) is 4.28. The Morgan fingerprint density at radius 1 is 1.38 bits per heavy atom. The topological polar surface area (TPSA) is 49.6 Å². The molecule has 0 radical (unpaired) electrons. The van der Waals surface area contributed by atoms with E-state index in [4.69, 9.17) is 4.42 Å². The maximum atomic E-state index is 5.88. The fraction of sp³-hybridized carbons (Fsp3) is 0.471. The predicted molar refractivity (Wildman–Crippen MR) is 86.5 cm³/mol. The van der Waals surface area contributed by atoms with E-state index in [0.717, 1.165) is 35.2 Å². The van der Waals surface area contributed by atoms with Crippen LogP contribution in [0.3, 0.4) is 0 Å². The van der Waals surface area contributed by atoms with Gasteiger partial charge in [0.2, 0.25) is 0 Å². The molecule has 0 aliphatic heterocycles. The number of guanidine groups is 1. The number of aliphatic imine (C=N–C) groups is 1. The van der Waals surface area contributed by atoms with Crippen LogP contribution in [0.25, 0.3) is 11.0 Å². The second-order valence-electron chi connectivity index (χ2n) is 5.78. The SMILES string of the molecule is CN=C(NCCC1CC1)NC(C)c1cc2ccccc2o1. The Bertz CT molecular complexity index is 595. The standard InChI is InChI=1S/C17H23N3O/c1-12(16-11-14-5-3-4-6-15(14)21-16)20-17(18-2)19-10-9-13-7-8-13/h3-6,11-13H,7-10H2,1-2H3,(H2,18,19,20). The normalized spacial score (nSPS) is 17.0. The number of furan rings is 1.